The molecule has 4 atom stereocenters. The third kappa shape index (κ3) is 5.81. The molecule has 0 aromatic carbocycles. The summed E-state index contributed by atoms with van der Waals surface area (Å²) < 4.78 is 37.9. The first-order valence-electron chi connectivity index (χ1n) is 9.40. The Morgan fingerprint density at radius 3 is 2.97 bits per heavy atom. The van der Waals surface area contributed by atoms with Crippen LogP contribution in [0.2, 0.25) is 0 Å². The van der Waals surface area contributed by atoms with Gasteiger partial charge in [-0.25, -0.2) is 19.7 Å². The zero-order valence-corrected chi connectivity index (χ0v) is 18.4. The third-order valence-corrected chi connectivity index (χ3v) is 6.35. The van der Waals surface area contributed by atoms with E-state index < -0.39 is 41.1 Å². The Kier molecular flexibility index (Phi) is 7.66. The fourth-order valence-corrected chi connectivity index (χ4v) is 4.36. The average molecular weight is 476 g/mol. The number of hydrogen-bond donors (Lipinski definition) is 4. The topological polar surface area (TPSA) is 198 Å². The van der Waals surface area contributed by atoms with E-state index in [0.29, 0.717) is 23.3 Å². The Labute approximate surface area is 183 Å². The Hall–Kier alpha value is -2.04. The maximum absolute atomic E-state index is 12.0. The maximum atomic E-state index is 12.0. The van der Waals surface area contributed by atoms with Crippen molar-refractivity contribution in [1.82, 2.24) is 24.2 Å². The average Bonchev–Trinajstić information content (AvgIpc) is 3.16. The van der Waals surface area contributed by atoms with Gasteiger partial charge in [0.1, 0.15) is 17.9 Å². The number of nitrogens with zero attached hydrogens (tertiary/aromatic N) is 4. The molecule has 0 bridgehead atoms. The van der Waals surface area contributed by atoms with E-state index in [1.54, 1.807) is 9.29 Å². The molecule has 1 amide bonds. The molecule has 1 aliphatic rings. The van der Waals surface area contributed by atoms with Gasteiger partial charge in [-0.2, -0.15) is 20.2 Å². The van der Waals surface area contributed by atoms with E-state index in [-0.39, 0.29) is 24.9 Å². The second-order valence-corrected chi connectivity index (χ2v) is 9.34. The molecule has 3 rings (SSSR count). The fraction of sp³-hybridized carbons (Fsp3) is 0.625. The van der Waals surface area contributed by atoms with Gasteiger partial charge in [0.2, 0.25) is 0 Å². The van der Waals surface area contributed by atoms with E-state index in [0.717, 1.165) is 0 Å². The van der Waals surface area contributed by atoms with Gasteiger partial charge < -0.3 is 25.9 Å². The predicted octanol–water partition coefficient (Wildman–Crippen LogP) is -1.44. The predicted molar refractivity (Wildman–Crippen MR) is 113 cm³/mol. The van der Waals surface area contributed by atoms with Gasteiger partial charge in [0.15, 0.2) is 11.5 Å². The van der Waals surface area contributed by atoms with Crippen molar-refractivity contribution in [2.75, 3.05) is 31.0 Å². The number of imidazole rings is 1. The second kappa shape index (κ2) is 10.1. The van der Waals surface area contributed by atoms with Gasteiger partial charge in [-0.15, -0.1) is 0 Å². The number of carbonyl (C=O) groups excluding carboxylic acids is 1. The van der Waals surface area contributed by atoms with Crippen LogP contribution in [0, 0.1) is 0 Å². The van der Waals surface area contributed by atoms with E-state index in [1.165, 1.54) is 24.4 Å². The van der Waals surface area contributed by atoms with Gasteiger partial charge in [-0.05, 0) is 24.9 Å². The van der Waals surface area contributed by atoms with Crippen molar-refractivity contribution >= 4 is 45.0 Å². The lowest BCUT2D eigenvalue weighted by atomic mass is 10.0. The molecule has 2 aromatic rings. The number of nitrogens with one attached hydrogen (secondary N) is 1. The van der Waals surface area contributed by atoms with Crippen LogP contribution in [0.25, 0.3) is 11.2 Å². The van der Waals surface area contributed by atoms with E-state index >= 15 is 0 Å². The molecule has 15 heteroatoms. The molecule has 0 spiro atoms. The second-order valence-electron chi connectivity index (χ2n) is 7.00. The van der Waals surface area contributed by atoms with Crippen LogP contribution in [0.5, 0.6) is 0 Å². The molecule has 172 valence electrons. The highest BCUT2D eigenvalue weighted by Gasteiger charge is 2.33. The molecule has 6 N–H and O–H groups in total. The van der Waals surface area contributed by atoms with E-state index in [2.05, 4.69) is 15.0 Å². The standard InChI is InChI=1S/C16H25N7O6S2/c1-30-3-2-10(17)16(25)22-31(26,27)29-6-12-11(24)4-9(5-28-12)23-8-21-13-14(18)19-7-20-15(13)23/h7-12,24H,2-6,17H2,1H3,(H,22,25)(H2,18,19,20)/t9-,10-,11-,12+/m0/s1. The minimum absolute atomic E-state index is 0.159. The highest BCUT2D eigenvalue weighted by Crippen LogP contribution is 2.27. The Morgan fingerprint density at radius 1 is 1.48 bits per heavy atom. The van der Waals surface area contributed by atoms with Gasteiger partial charge in [0.25, 0.3) is 5.91 Å². The Balaban J connectivity index is 1.54. The van der Waals surface area contributed by atoms with Crippen molar-refractivity contribution in [3.8, 4) is 0 Å². The van der Waals surface area contributed by atoms with E-state index in [4.69, 9.17) is 20.4 Å². The molecule has 2 aromatic heterocycles. The van der Waals surface area contributed by atoms with Crippen molar-refractivity contribution in [2.45, 2.75) is 37.1 Å². The van der Waals surface area contributed by atoms with Crippen molar-refractivity contribution in [3.05, 3.63) is 12.7 Å². The minimum atomic E-state index is -4.39. The number of amides is 1. The fourth-order valence-electron chi connectivity index (χ4n) is 3.10. The number of fused-ring (bicyclic) bond motifs is 1. The molecular weight excluding hydrogens is 450 g/mol. The molecule has 0 aliphatic carbocycles. The quantitative estimate of drug-likeness (QED) is 0.330. The number of nitrogens with two attached hydrogens (primary N) is 2. The summed E-state index contributed by atoms with van der Waals surface area (Å²) in [6, 6.07) is -1.26. The third-order valence-electron chi connectivity index (χ3n) is 4.81. The molecule has 0 radical (unpaired) electrons. The highest BCUT2D eigenvalue weighted by atomic mass is 32.2. The minimum Gasteiger partial charge on any atom is -0.390 e. The number of aliphatic hydroxyl groups excluding tert-OH is 1. The Bertz CT molecular complexity index is 1020. The van der Waals surface area contributed by atoms with Crippen LogP contribution in [-0.2, 0) is 24.0 Å². The van der Waals surface area contributed by atoms with Gasteiger partial charge in [0, 0.05) is 0 Å². The molecule has 31 heavy (non-hydrogen) atoms. The summed E-state index contributed by atoms with van der Waals surface area (Å²) in [5.74, 6) is 0.00374. The van der Waals surface area contributed by atoms with Crippen LogP contribution < -0.4 is 16.2 Å². The first-order chi connectivity index (χ1) is 14.7. The lowest BCUT2D eigenvalue weighted by molar-refractivity contribution is -0.121. The van der Waals surface area contributed by atoms with Crippen molar-refractivity contribution < 1.29 is 27.2 Å². The summed E-state index contributed by atoms with van der Waals surface area (Å²) in [5.41, 5.74) is 12.4. The number of hydrogen-bond acceptors (Lipinski definition) is 12. The van der Waals surface area contributed by atoms with E-state index in [9.17, 15) is 18.3 Å². The number of thioether (sulfide) groups is 1. The van der Waals surface area contributed by atoms with E-state index in [1.807, 2.05) is 6.26 Å². The maximum Gasteiger partial charge on any atom is 0.362 e. The molecule has 13 nitrogen and oxygen atoms in total. The first kappa shape index (κ1) is 23.6. The number of rotatable bonds is 9. The van der Waals surface area contributed by atoms with Crippen LogP contribution in [0.1, 0.15) is 18.9 Å². The highest BCUT2D eigenvalue weighted by molar-refractivity contribution is 7.98. The molecule has 1 aliphatic heterocycles. The van der Waals surface area contributed by atoms with Gasteiger partial charge in [-0.1, -0.05) is 0 Å². The van der Waals surface area contributed by atoms with Crippen LogP contribution in [0.4, 0.5) is 5.82 Å². The van der Waals surface area contributed by atoms with Gasteiger partial charge in [-0.3, -0.25) is 8.98 Å². The van der Waals surface area contributed by atoms with Crippen molar-refractivity contribution in [3.63, 3.8) is 0 Å². The number of nitrogen functional groups attached to an aromatic ring is 1. The Morgan fingerprint density at radius 2 is 2.26 bits per heavy atom. The van der Waals surface area contributed by atoms with Crippen LogP contribution in [-0.4, -0.2) is 82.4 Å². The largest absolute Gasteiger partial charge is 0.390 e. The van der Waals surface area contributed by atoms with Gasteiger partial charge in [0.05, 0.1) is 37.7 Å². The molecular formula is C16H25N7O6S2. The van der Waals surface area contributed by atoms with Crippen molar-refractivity contribution in [2.24, 2.45) is 5.73 Å². The number of aromatic nitrogens is 4. The molecule has 1 saturated heterocycles. The number of carbonyl (C=O) groups is 1. The zero-order chi connectivity index (χ0) is 22.6. The summed E-state index contributed by atoms with van der Waals surface area (Å²) in [4.78, 5) is 24.1. The van der Waals surface area contributed by atoms with Gasteiger partial charge >= 0.3 is 10.3 Å². The first-order valence-corrected chi connectivity index (χ1v) is 12.2. The van der Waals surface area contributed by atoms with Crippen LogP contribution in [0.15, 0.2) is 12.7 Å². The number of aliphatic hydroxyl groups is 1. The summed E-state index contributed by atoms with van der Waals surface area (Å²) in [5, 5.41) is 10.4. The molecule has 0 unspecified atom stereocenters. The van der Waals surface area contributed by atoms with Crippen LogP contribution in [0.3, 0.4) is 0 Å². The summed E-state index contributed by atoms with van der Waals surface area (Å²) >= 11 is 1.49. The summed E-state index contributed by atoms with van der Waals surface area (Å²) in [7, 11) is -4.39. The van der Waals surface area contributed by atoms with Crippen molar-refractivity contribution in [1.29, 1.82) is 0 Å². The molecule has 0 saturated carbocycles. The summed E-state index contributed by atoms with van der Waals surface area (Å²) in [6.45, 7) is -0.303. The normalized spacial score (nSPS) is 23.0. The smallest absolute Gasteiger partial charge is 0.362 e. The number of ether oxygens (including phenoxy) is 1. The van der Waals surface area contributed by atoms with Crippen LogP contribution >= 0.6 is 11.8 Å². The SMILES string of the molecule is CSCC[C@H](N)C(=O)NS(=O)(=O)OC[C@H]1OC[C@@H](n2cnc3c(N)ncnc32)C[C@@H]1O. The molecule has 3 heterocycles. The zero-order valence-electron chi connectivity index (χ0n) is 16.7. The lowest BCUT2D eigenvalue weighted by Gasteiger charge is -2.33. The monoisotopic (exact) mass is 475 g/mol. The molecule has 1 fully saturated rings. The summed E-state index contributed by atoms with van der Waals surface area (Å²) in [6.07, 6.45) is 3.35. The number of anilines is 1. The lowest BCUT2D eigenvalue weighted by Crippen LogP contribution is -2.46.